The quantitative estimate of drug-likeness (QED) is 0.685. The van der Waals surface area contributed by atoms with E-state index in [1.54, 1.807) is 18.1 Å². The highest BCUT2D eigenvalue weighted by Crippen LogP contribution is 2.35. The van der Waals surface area contributed by atoms with Crippen molar-refractivity contribution in [3.63, 3.8) is 0 Å². The molecule has 2 aromatic rings. The van der Waals surface area contributed by atoms with Crippen LogP contribution >= 0.6 is 23.1 Å². The number of rotatable bonds is 3. The third kappa shape index (κ3) is 2.37. The number of anilines is 1. The van der Waals surface area contributed by atoms with Crippen molar-refractivity contribution in [1.82, 2.24) is 9.97 Å². The van der Waals surface area contributed by atoms with E-state index >= 15 is 0 Å². The number of aromatic nitrogens is 2. The van der Waals surface area contributed by atoms with Crippen LogP contribution in [0.4, 0.5) is 5.82 Å². The van der Waals surface area contributed by atoms with Gasteiger partial charge in [0.15, 0.2) is 0 Å². The summed E-state index contributed by atoms with van der Waals surface area (Å²) in [6, 6.07) is 4.67. The van der Waals surface area contributed by atoms with Gasteiger partial charge in [0.05, 0.1) is 6.04 Å². The third-order valence-corrected chi connectivity index (χ3v) is 4.86. The zero-order valence-electron chi connectivity index (χ0n) is 10.2. The fraction of sp³-hybridized carbons (Fsp3) is 0.385. The van der Waals surface area contributed by atoms with Crippen molar-refractivity contribution in [1.29, 1.82) is 0 Å². The summed E-state index contributed by atoms with van der Waals surface area (Å²) in [4.78, 5) is 10.0. The maximum atomic E-state index is 4.31. The molecule has 0 spiro atoms. The molecule has 2 aromatic heterocycles. The summed E-state index contributed by atoms with van der Waals surface area (Å²) < 4.78 is 0. The van der Waals surface area contributed by atoms with Crippen molar-refractivity contribution in [2.75, 3.05) is 11.6 Å². The number of hydrogen-bond acceptors (Lipinski definition) is 5. The predicted molar refractivity (Wildman–Crippen MR) is 77.4 cm³/mol. The maximum Gasteiger partial charge on any atom is 0.130 e. The third-order valence-electron chi connectivity index (χ3n) is 3.23. The second-order valence-corrected chi connectivity index (χ2v) is 6.16. The van der Waals surface area contributed by atoms with Gasteiger partial charge in [-0.2, -0.15) is 0 Å². The molecule has 3 rings (SSSR count). The first-order chi connectivity index (χ1) is 8.86. The lowest BCUT2D eigenvalue weighted by molar-refractivity contribution is 0.606. The van der Waals surface area contributed by atoms with Gasteiger partial charge in [-0.3, -0.25) is 0 Å². The van der Waals surface area contributed by atoms with Gasteiger partial charge in [0.25, 0.3) is 0 Å². The number of nitrogens with zero attached hydrogens (tertiary/aromatic N) is 2. The van der Waals surface area contributed by atoms with Gasteiger partial charge in [0, 0.05) is 10.9 Å². The predicted octanol–water partition coefficient (Wildman–Crippen LogP) is 3.75. The van der Waals surface area contributed by atoms with E-state index in [1.165, 1.54) is 29.7 Å². The molecule has 0 fully saturated rings. The van der Waals surface area contributed by atoms with Crippen molar-refractivity contribution < 1.29 is 0 Å². The zero-order chi connectivity index (χ0) is 12.4. The Morgan fingerprint density at radius 1 is 1.44 bits per heavy atom. The van der Waals surface area contributed by atoms with Crippen LogP contribution in [0.2, 0.25) is 0 Å². The number of hydrogen-bond donors (Lipinski definition) is 1. The lowest BCUT2D eigenvalue weighted by Crippen LogP contribution is -2.16. The molecule has 1 aliphatic carbocycles. The molecule has 0 aromatic carbocycles. The minimum atomic E-state index is 0.407. The number of thiophene rings is 1. The molecule has 94 valence electrons. The Morgan fingerprint density at radius 3 is 3.28 bits per heavy atom. The minimum Gasteiger partial charge on any atom is -0.363 e. The van der Waals surface area contributed by atoms with Crippen LogP contribution in [0.1, 0.15) is 29.3 Å². The first kappa shape index (κ1) is 12.0. The molecular formula is C13H15N3S2. The van der Waals surface area contributed by atoms with E-state index in [-0.39, 0.29) is 0 Å². The van der Waals surface area contributed by atoms with Gasteiger partial charge in [-0.1, -0.05) is 0 Å². The van der Waals surface area contributed by atoms with E-state index in [0.717, 1.165) is 10.8 Å². The molecule has 1 atom stereocenters. The highest BCUT2D eigenvalue weighted by atomic mass is 32.2. The van der Waals surface area contributed by atoms with Crippen LogP contribution in [0.5, 0.6) is 0 Å². The number of fused-ring (bicyclic) bond motifs is 1. The Kier molecular flexibility index (Phi) is 3.52. The Balaban J connectivity index is 1.81. The largest absolute Gasteiger partial charge is 0.363 e. The number of aryl methyl sites for hydroxylation is 1. The molecule has 0 aliphatic heterocycles. The summed E-state index contributed by atoms with van der Waals surface area (Å²) in [7, 11) is 0. The highest BCUT2D eigenvalue weighted by molar-refractivity contribution is 7.98. The first-order valence-electron chi connectivity index (χ1n) is 6.05. The second kappa shape index (κ2) is 5.28. The van der Waals surface area contributed by atoms with E-state index in [2.05, 4.69) is 26.7 Å². The number of thioether (sulfide) groups is 1. The van der Waals surface area contributed by atoms with Gasteiger partial charge in [-0.25, -0.2) is 9.97 Å². The van der Waals surface area contributed by atoms with Crippen LogP contribution in [0, 0.1) is 0 Å². The molecule has 3 nitrogen and oxygen atoms in total. The van der Waals surface area contributed by atoms with Crippen LogP contribution in [0.15, 0.2) is 28.9 Å². The van der Waals surface area contributed by atoms with Gasteiger partial charge < -0.3 is 5.32 Å². The van der Waals surface area contributed by atoms with Crippen molar-refractivity contribution in [3.8, 4) is 0 Å². The summed E-state index contributed by atoms with van der Waals surface area (Å²) in [5.41, 5.74) is 1.45. The number of nitrogens with one attached hydrogen (secondary N) is 1. The van der Waals surface area contributed by atoms with E-state index in [4.69, 9.17) is 0 Å². The van der Waals surface area contributed by atoms with Crippen LogP contribution in [-0.2, 0) is 6.42 Å². The normalized spacial score (nSPS) is 18.4. The summed E-state index contributed by atoms with van der Waals surface area (Å²) in [6.07, 6.45) is 7.33. The van der Waals surface area contributed by atoms with E-state index in [1.807, 2.05) is 23.7 Å². The Labute approximate surface area is 115 Å². The fourth-order valence-corrected chi connectivity index (χ4v) is 3.71. The smallest absolute Gasteiger partial charge is 0.130 e. The van der Waals surface area contributed by atoms with Gasteiger partial charge in [-0.05, 0) is 42.5 Å². The monoisotopic (exact) mass is 277 g/mol. The van der Waals surface area contributed by atoms with Crippen LogP contribution in [0.3, 0.4) is 0 Å². The van der Waals surface area contributed by atoms with Crippen LogP contribution in [-0.4, -0.2) is 16.2 Å². The van der Waals surface area contributed by atoms with Crippen molar-refractivity contribution in [2.45, 2.75) is 30.3 Å². The van der Waals surface area contributed by atoms with Crippen LogP contribution in [0.25, 0.3) is 0 Å². The van der Waals surface area contributed by atoms with Gasteiger partial charge in [0.2, 0.25) is 0 Å². The van der Waals surface area contributed by atoms with Crippen molar-refractivity contribution >= 4 is 28.9 Å². The van der Waals surface area contributed by atoms with Crippen LogP contribution < -0.4 is 5.32 Å². The lowest BCUT2D eigenvalue weighted by Gasteiger charge is -2.24. The molecule has 5 heteroatoms. The molecule has 1 N–H and O–H groups in total. The summed E-state index contributed by atoms with van der Waals surface area (Å²) >= 11 is 3.51. The Morgan fingerprint density at radius 2 is 2.39 bits per heavy atom. The summed E-state index contributed by atoms with van der Waals surface area (Å²) in [5, 5.41) is 6.74. The molecule has 1 unspecified atom stereocenters. The van der Waals surface area contributed by atoms with Gasteiger partial charge in [-0.15, -0.1) is 23.1 Å². The zero-order valence-corrected chi connectivity index (χ0v) is 11.9. The molecule has 18 heavy (non-hydrogen) atoms. The lowest BCUT2D eigenvalue weighted by atomic mass is 9.94. The SMILES string of the molecule is CSc1cc(NC2CCCc3sccc32)ncn1. The minimum absolute atomic E-state index is 0.407. The molecule has 0 saturated heterocycles. The van der Waals surface area contributed by atoms with Crippen molar-refractivity contribution in [3.05, 3.63) is 34.3 Å². The molecule has 1 aliphatic rings. The highest BCUT2D eigenvalue weighted by Gasteiger charge is 2.21. The average molecular weight is 277 g/mol. The molecule has 0 saturated carbocycles. The maximum absolute atomic E-state index is 4.31. The summed E-state index contributed by atoms with van der Waals surface area (Å²) in [5.74, 6) is 0.929. The molecule has 2 heterocycles. The molecule has 0 amide bonds. The summed E-state index contributed by atoms with van der Waals surface area (Å²) in [6.45, 7) is 0. The topological polar surface area (TPSA) is 37.8 Å². The standard InChI is InChI=1S/C13H15N3S2/c1-17-13-7-12(14-8-15-13)16-10-3-2-4-11-9(10)5-6-18-11/h5-8,10H,2-4H2,1H3,(H,14,15,16). The van der Waals surface area contributed by atoms with Crippen molar-refractivity contribution in [2.24, 2.45) is 0 Å². The Hall–Kier alpha value is -1.07. The second-order valence-electron chi connectivity index (χ2n) is 4.33. The average Bonchev–Trinajstić information content (AvgIpc) is 2.88. The van der Waals surface area contributed by atoms with E-state index < -0.39 is 0 Å². The first-order valence-corrected chi connectivity index (χ1v) is 8.16. The molecule has 0 bridgehead atoms. The van der Waals surface area contributed by atoms with E-state index in [0.29, 0.717) is 6.04 Å². The van der Waals surface area contributed by atoms with Gasteiger partial charge in [0.1, 0.15) is 17.2 Å². The molecule has 0 radical (unpaired) electrons. The fourth-order valence-electron chi connectivity index (χ4n) is 2.34. The van der Waals surface area contributed by atoms with E-state index in [9.17, 15) is 0 Å². The van der Waals surface area contributed by atoms with Gasteiger partial charge >= 0.3 is 0 Å². The molecular weight excluding hydrogens is 262 g/mol. The Bertz CT molecular complexity index is 539.